The summed E-state index contributed by atoms with van der Waals surface area (Å²) in [7, 11) is 0. The molecule has 0 aliphatic carbocycles. The Morgan fingerprint density at radius 3 is 2.78 bits per heavy atom. The first-order valence-electron chi connectivity index (χ1n) is 2.43. The number of carbonyl (C=O) groups is 1. The van der Waals surface area contributed by atoms with Gasteiger partial charge >= 0.3 is 0 Å². The number of carbonyl (C=O) groups excluding carboxylic acids is 1. The second-order valence-corrected chi connectivity index (χ2v) is 1.56. The Labute approximate surface area is 52.0 Å². The molecular weight excluding hydrogens is 118 g/mol. The van der Waals surface area contributed by atoms with Crippen molar-refractivity contribution in [1.29, 1.82) is 0 Å². The van der Waals surface area contributed by atoms with E-state index in [1.807, 2.05) is 0 Å². The van der Waals surface area contributed by atoms with E-state index < -0.39 is 0 Å². The molecule has 0 aliphatic heterocycles. The van der Waals surface area contributed by atoms with Crippen LogP contribution in [0.2, 0.25) is 0 Å². The van der Waals surface area contributed by atoms with E-state index in [-0.39, 0.29) is 5.75 Å². The minimum Gasteiger partial charge on any atom is -0.506 e. The highest BCUT2D eigenvalue weighted by molar-refractivity contribution is 5.71. The summed E-state index contributed by atoms with van der Waals surface area (Å²) >= 11 is 0. The summed E-state index contributed by atoms with van der Waals surface area (Å²) in [5.74, 6) is 0.0700. The first kappa shape index (κ1) is 5.75. The summed E-state index contributed by atoms with van der Waals surface area (Å²) in [6.07, 6.45) is 1.85. The Morgan fingerprint density at radius 1 is 1.56 bits per heavy atom. The third-order valence-corrected chi connectivity index (χ3v) is 0.891. The summed E-state index contributed by atoms with van der Waals surface area (Å²) < 4.78 is 0. The minimum absolute atomic E-state index is 0.0700. The molecule has 46 valence electrons. The van der Waals surface area contributed by atoms with Crippen LogP contribution < -0.4 is 0 Å². The van der Waals surface area contributed by atoms with Crippen molar-refractivity contribution in [2.75, 3.05) is 0 Å². The minimum atomic E-state index is 0.0700. The normalized spacial score (nSPS) is 8.89. The van der Waals surface area contributed by atoms with E-state index in [0.29, 0.717) is 12.0 Å². The highest BCUT2D eigenvalue weighted by atomic mass is 16.3. The summed E-state index contributed by atoms with van der Waals surface area (Å²) in [6, 6.07) is 2.86. The maximum atomic E-state index is 9.97. The number of hydrogen-bond acceptors (Lipinski definition) is 3. The zero-order valence-electron chi connectivity index (χ0n) is 4.61. The smallest absolute Gasteiger partial charge is 0.168 e. The van der Waals surface area contributed by atoms with Gasteiger partial charge in [0.2, 0.25) is 0 Å². The lowest BCUT2D eigenvalue weighted by Crippen LogP contribution is -1.82. The van der Waals surface area contributed by atoms with Crippen LogP contribution in [0.15, 0.2) is 18.3 Å². The summed E-state index contributed by atoms with van der Waals surface area (Å²) in [5.41, 5.74) is 0.327. The van der Waals surface area contributed by atoms with Gasteiger partial charge in [0, 0.05) is 0 Å². The van der Waals surface area contributed by atoms with Gasteiger partial charge in [0.15, 0.2) is 6.29 Å². The van der Waals surface area contributed by atoms with Gasteiger partial charge in [-0.3, -0.25) is 4.79 Å². The maximum absolute atomic E-state index is 9.97. The van der Waals surface area contributed by atoms with Gasteiger partial charge < -0.3 is 5.11 Å². The zero-order chi connectivity index (χ0) is 6.69. The Balaban J connectivity index is 3.01. The summed E-state index contributed by atoms with van der Waals surface area (Å²) in [4.78, 5) is 13.6. The summed E-state index contributed by atoms with van der Waals surface area (Å²) in [6.45, 7) is 0. The zero-order valence-corrected chi connectivity index (χ0v) is 4.61. The number of aromatic hydroxyl groups is 1. The monoisotopic (exact) mass is 123 g/mol. The molecule has 0 saturated carbocycles. The number of nitrogens with zero attached hydrogens (tertiary/aromatic N) is 1. The Bertz CT molecular complexity index is 205. The van der Waals surface area contributed by atoms with Gasteiger partial charge in [0.05, 0.1) is 6.20 Å². The van der Waals surface area contributed by atoms with Crippen LogP contribution in [0.3, 0.4) is 0 Å². The molecule has 0 aromatic carbocycles. The predicted octanol–water partition coefficient (Wildman–Crippen LogP) is 0.600. The molecule has 0 radical (unpaired) electrons. The number of aromatic nitrogens is 1. The van der Waals surface area contributed by atoms with Crippen LogP contribution in [0.4, 0.5) is 0 Å². The van der Waals surface area contributed by atoms with Crippen LogP contribution in [0, 0.1) is 0 Å². The third kappa shape index (κ3) is 1.25. The lowest BCUT2D eigenvalue weighted by Gasteiger charge is -1.87. The van der Waals surface area contributed by atoms with Crippen molar-refractivity contribution in [2.45, 2.75) is 0 Å². The molecule has 0 fully saturated rings. The SMILES string of the molecule is O=Cc1ccc(O)cn1. The van der Waals surface area contributed by atoms with E-state index >= 15 is 0 Å². The second-order valence-electron chi connectivity index (χ2n) is 1.56. The molecule has 1 N–H and O–H groups in total. The van der Waals surface area contributed by atoms with Crippen molar-refractivity contribution in [3.8, 4) is 5.75 Å². The van der Waals surface area contributed by atoms with Crippen molar-refractivity contribution in [2.24, 2.45) is 0 Å². The fraction of sp³-hybridized carbons (Fsp3) is 0. The van der Waals surface area contributed by atoms with Crippen LogP contribution in [0.1, 0.15) is 10.5 Å². The Kier molecular flexibility index (Phi) is 1.44. The molecule has 0 saturated heterocycles. The lowest BCUT2D eigenvalue weighted by atomic mass is 10.4. The van der Waals surface area contributed by atoms with Gasteiger partial charge in [0.1, 0.15) is 11.4 Å². The standard InChI is InChI=1S/C6H5NO2/c8-4-5-1-2-6(9)3-7-5/h1-4,9H. The summed E-state index contributed by atoms with van der Waals surface area (Å²) in [5, 5.41) is 8.67. The Morgan fingerprint density at radius 2 is 2.33 bits per heavy atom. The molecule has 3 heteroatoms. The molecule has 3 nitrogen and oxygen atoms in total. The largest absolute Gasteiger partial charge is 0.506 e. The van der Waals surface area contributed by atoms with Crippen molar-refractivity contribution >= 4 is 6.29 Å². The van der Waals surface area contributed by atoms with Crippen molar-refractivity contribution < 1.29 is 9.90 Å². The van der Waals surface area contributed by atoms with Gasteiger partial charge in [-0.05, 0) is 12.1 Å². The molecule has 0 spiro atoms. The van der Waals surface area contributed by atoms with Crippen LogP contribution in [0.25, 0.3) is 0 Å². The van der Waals surface area contributed by atoms with Crippen molar-refractivity contribution in [1.82, 2.24) is 4.98 Å². The van der Waals surface area contributed by atoms with Gasteiger partial charge in [-0.1, -0.05) is 0 Å². The van der Waals surface area contributed by atoms with Crippen LogP contribution >= 0.6 is 0 Å². The molecule has 1 aromatic rings. The molecular formula is C6H5NO2. The Hall–Kier alpha value is -1.38. The van der Waals surface area contributed by atoms with Crippen LogP contribution in [0.5, 0.6) is 5.75 Å². The highest BCUT2D eigenvalue weighted by Crippen LogP contribution is 2.03. The molecule has 0 unspecified atom stereocenters. The number of pyridine rings is 1. The highest BCUT2D eigenvalue weighted by Gasteiger charge is 1.88. The fourth-order valence-electron chi connectivity index (χ4n) is 0.467. The average molecular weight is 123 g/mol. The molecule has 1 rings (SSSR count). The van der Waals surface area contributed by atoms with Crippen molar-refractivity contribution in [3.05, 3.63) is 24.0 Å². The average Bonchev–Trinajstić information content (AvgIpc) is 1.90. The number of aldehydes is 1. The molecule has 0 bridgehead atoms. The third-order valence-electron chi connectivity index (χ3n) is 0.891. The molecule has 1 heterocycles. The van der Waals surface area contributed by atoms with Gasteiger partial charge in [-0.15, -0.1) is 0 Å². The quantitative estimate of drug-likeness (QED) is 0.556. The second kappa shape index (κ2) is 2.26. The first-order chi connectivity index (χ1) is 4.33. The van der Waals surface area contributed by atoms with Crippen LogP contribution in [-0.2, 0) is 0 Å². The molecule has 1 aromatic heterocycles. The molecule has 0 atom stereocenters. The van der Waals surface area contributed by atoms with E-state index in [1.54, 1.807) is 0 Å². The molecule has 9 heavy (non-hydrogen) atoms. The van der Waals surface area contributed by atoms with E-state index in [2.05, 4.69) is 4.98 Å². The van der Waals surface area contributed by atoms with E-state index in [9.17, 15) is 4.79 Å². The molecule has 0 amide bonds. The van der Waals surface area contributed by atoms with Gasteiger partial charge in [-0.25, -0.2) is 4.98 Å². The lowest BCUT2D eigenvalue weighted by molar-refractivity contribution is 0.111. The topological polar surface area (TPSA) is 50.2 Å². The van der Waals surface area contributed by atoms with E-state index in [4.69, 9.17) is 5.11 Å². The van der Waals surface area contributed by atoms with E-state index in [1.165, 1.54) is 18.3 Å². The number of rotatable bonds is 1. The fourth-order valence-corrected chi connectivity index (χ4v) is 0.467. The number of hydrogen-bond donors (Lipinski definition) is 1. The molecule has 0 aliphatic rings. The van der Waals surface area contributed by atoms with Crippen LogP contribution in [-0.4, -0.2) is 16.4 Å². The maximum Gasteiger partial charge on any atom is 0.168 e. The predicted molar refractivity (Wildman–Crippen MR) is 31.3 cm³/mol. The first-order valence-corrected chi connectivity index (χ1v) is 2.43. The van der Waals surface area contributed by atoms with Gasteiger partial charge in [-0.2, -0.15) is 0 Å². The van der Waals surface area contributed by atoms with E-state index in [0.717, 1.165) is 0 Å². The van der Waals surface area contributed by atoms with Gasteiger partial charge in [0.25, 0.3) is 0 Å². The van der Waals surface area contributed by atoms with Crippen molar-refractivity contribution in [3.63, 3.8) is 0 Å².